The van der Waals surface area contributed by atoms with Gasteiger partial charge in [0.2, 0.25) is 0 Å². The number of nitrogens with zero attached hydrogens (tertiary/aromatic N) is 2. The van der Waals surface area contributed by atoms with Crippen molar-refractivity contribution in [3.05, 3.63) is 30.1 Å². The van der Waals surface area contributed by atoms with E-state index in [1.54, 1.807) is 0 Å². The smallest absolute Gasteiger partial charge is 0.0471 e. The Hall–Kier alpha value is -0.930. The molecule has 0 aromatic carbocycles. The summed E-state index contributed by atoms with van der Waals surface area (Å²) in [6, 6.07) is 4.53. The lowest BCUT2D eigenvalue weighted by Crippen LogP contribution is -2.37. The highest BCUT2D eigenvalue weighted by Crippen LogP contribution is 2.22. The lowest BCUT2D eigenvalue weighted by atomic mass is 10.0. The fourth-order valence-electron chi connectivity index (χ4n) is 2.31. The van der Waals surface area contributed by atoms with Gasteiger partial charge in [-0.25, -0.2) is 0 Å². The van der Waals surface area contributed by atoms with Crippen molar-refractivity contribution >= 4 is 0 Å². The third-order valence-electron chi connectivity index (χ3n) is 3.15. The standard InChI is InChI=1S/C12H19N3/c13-10-12(11-4-6-14-7-5-11)15-8-2-1-3-9-15/h4-7,12H,1-3,8-10,13H2/t12-/m1/s1. The zero-order valence-electron chi connectivity index (χ0n) is 9.10. The molecule has 0 amide bonds. The molecule has 2 heterocycles. The van der Waals surface area contributed by atoms with Gasteiger partial charge in [0.05, 0.1) is 0 Å². The van der Waals surface area contributed by atoms with Crippen LogP contribution in [0.25, 0.3) is 0 Å². The zero-order chi connectivity index (χ0) is 10.5. The van der Waals surface area contributed by atoms with Gasteiger partial charge in [-0.15, -0.1) is 0 Å². The van der Waals surface area contributed by atoms with E-state index in [-0.39, 0.29) is 0 Å². The van der Waals surface area contributed by atoms with Crippen LogP contribution in [0.3, 0.4) is 0 Å². The maximum atomic E-state index is 5.87. The quantitative estimate of drug-likeness (QED) is 0.814. The number of aromatic nitrogens is 1. The average Bonchev–Trinajstić information content (AvgIpc) is 2.33. The van der Waals surface area contributed by atoms with Crippen LogP contribution in [-0.2, 0) is 0 Å². The number of rotatable bonds is 3. The number of piperidine rings is 1. The molecule has 2 rings (SSSR count). The molecule has 0 spiro atoms. The van der Waals surface area contributed by atoms with Crippen LogP contribution in [0, 0.1) is 0 Å². The van der Waals surface area contributed by atoms with Crippen molar-refractivity contribution < 1.29 is 0 Å². The number of nitrogens with two attached hydrogens (primary N) is 1. The van der Waals surface area contributed by atoms with Gasteiger partial charge in [0.15, 0.2) is 0 Å². The largest absolute Gasteiger partial charge is 0.329 e. The molecule has 3 heteroatoms. The Morgan fingerprint density at radius 2 is 1.87 bits per heavy atom. The van der Waals surface area contributed by atoms with Crippen LogP contribution in [-0.4, -0.2) is 29.5 Å². The number of pyridine rings is 1. The Balaban J connectivity index is 2.09. The van der Waals surface area contributed by atoms with Gasteiger partial charge in [-0.3, -0.25) is 9.88 Å². The summed E-state index contributed by atoms with van der Waals surface area (Å²) in [6.07, 6.45) is 7.68. The molecule has 0 radical (unpaired) electrons. The van der Waals surface area contributed by atoms with Crippen molar-refractivity contribution in [3.63, 3.8) is 0 Å². The molecule has 2 N–H and O–H groups in total. The summed E-state index contributed by atoms with van der Waals surface area (Å²) in [5.41, 5.74) is 7.17. The minimum absolute atomic E-state index is 0.383. The maximum Gasteiger partial charge on any atom is 0.0471 e. The van der Waals surface area contributed by atoms with E-state index < -0.39 is 0 Å². The molecule has 0 unspecified atom stereocenters. The zero-order valence-corrected chi connectivity index (χ0v) is 9.10. The number of likely N-dealkylation sites (tertiary alicyclic amines) is 1. The molecule has 1 atom stereocenters. The summed E-state index contributed by atoms with van der Waals surface area (Å²) in [7, 11) is 0. The van der Waals surface area contributed by atoms with Crippen LogP contribution < -0.4 is 5.73 Å². The predicted molar refractivity (Wildman–Crippen MR) is 61.5 cm³/mol. The Bertz CT molecular complexity index is 280. The molecular weight excluding hydrogens is 186 g/mol. The molecule has 0 saturated carbocycles. The molecule has 0 aliphatic carbocycles. The second-order valence-electron chi connectivity index (χ2n) is 4.13. The molecule has 82 valence electrons. The molecule has 1 saturated heterocycles. The molecule has 1 fully saturated rings. The van der Waals surface area contributed by atoms with E-state index in [0.717, 1.165) is 0 Å². The lowest BCUT2D eigenvalue weighted by Gasteiger charge is -2.34. The molecule has 1 aromatic heterocycles. The van der Waals surface area contributed by atoms with Crippen molar-refractivity contribution in [2.45, 2.75) is 25.3 Å². The molecule has 1 aliphatic rings. The predicted octanol–water partition coefficient (Wildman–Crippen LogP) is 1.57. The SMILES string of the molecule is NC[C@H](c1ccncc1)N1CCCCC1. The van der Waals surface area contributed by atoms with Crippen molar-refractivity contribution in [2.75, 3.05) is 19.6 Å². The highest BCUT2D eigenvalue weighted by atomic mass is 15.2. The van der Waals surface area contributed by atoms with Crippen LogP contribution in [0.2, 0.25) is 0 Å². The van der Waals surface area contributed by atoms with Crippen LogP contribution >= 0.6 is 0 Å². The van der Waals surface area contributed by atoms with Crippen molar-refractivity contribution in [3.8, 4) is 0 Å². The first kappa shape index (κ1) is 10.6. The topological polar surface area (TPSA) is 42.1 Å². The van der Waals surface area contributed by atoms with E-state index in [9.17, 15) is 0 Å². The van der Waals surface area contributed by atoms with E-state index in [1.807, 2.05) is 12.4 Å². The summed E-state index contributed by atoms with van der Waals surface area (Å²) in [6.45, 7) is 3.07. The van der Waals surface area contributed by atoms with E-state index in [4.69, 9.17) is 5.73 Å². The summed E-state index contributed by atoms with van der Waals surface area (Å²) in [4.78, 5) is 6.55. The summed E-state index contributed by atoms with van der Waals surface area (Å²) in [5.74, 6) is 0. The number of hydrogen-bond acceptors (Lipinski definition) is 3. The number of hydrogen-bond donors (Lipinski definition) is 1. The first-order valence-corrected chi connectivity index (χ1v) is 5.76. The van der Waals surface area contributed by atoms with Gasteiger partial charge in [0.1, 0.15) is 0 Å². The van der Waals surface area contributed by atoms with Crippen molar-refractivity contribution in [1.82, 2.24) is 9.88 Å². The molecule has 15 heavy (non-hydrogen) atoms. The fraction of sp³-hybridized carbons (Fsp3) is 0.583. The molecule has 1 aliphatic heterocycles. The van der Waals surface area contributed by atoms with E-state index >= 15 is 0 Å². The summed E-state index contributed by atoms with van der Waals surface area (Å²) < 4.78 is 0. The minimum atomic E-state index is 0.383. The average molecular weight is 205 g/mol. The Morgan fingerprint density at radius 3 is 2.47 bits per heavy atom. The Morgan fingerprint density at radius 1 is 1.20 bits per heavy atom. The second-order valence-corrected chi connectivity index (χ2v) is 4.13. The lowest BCUT2D eigenvalue weighted by molar-refractivity contribution is 0.167. The van der Waals surface area contributed by atoms with Gasteiger partial charge in [-0.2, -0.15) is 0 Å². The van der Waals surface area contributed by atoms with Crippen LogP contribution in [0.1, 0.15) is 30.9 Å². The highest BCUT2D eigenvalue weighted by Gasteiger charge is 2.20. The minimum Gasteiger partial charge on any atom is -0.329 e. The van der Waals surface area contributed by atoms with Gasteiger partial charge in [-0.1, -0.05) is 6.42 Å². The van der Waals surface area contributed by atoms with Crippen LogP contribution in [0.15, 0.2) is 24.5 Å². The van der Waals surface area contributed by atoms with Gasteiger partial charge in [0, 0.05) is 25.0 Å². The van der Waals surface area contributed by atoms with Crippen molar-refractivity contribution in [2.24, 2.45) is 5.73 Å². The summed E-state index contributed by atoms with van der Waals surface area (Å²) >= 11 is 0. The molecule has 3 nitrogen and oxygen atoms in total. The van der Waals surface area contributed by atoms with Gasteiger partial charge >= 0.3 is 0 Å². The molecular formula is C12H19N3. The van der Waals surface area contributed by atoms with Gasteiger partial charge in [0.25, 0.3) is 0 Å². The highest BCUT2D eigenvalue weighted by molar-refractivity contribution is 5.15. The summed E-state index contributed by atoms with van der Waals surface area (Å²) in [5, 5.41) is 0. The molecule has 1 aromatic rings. The van der Waals surface area contributed by atoms with Crippen LogP contribution in [0.4, 0.5) is 0 Å². The fourth-order valence-corrected chi connectivity index (χ4v) is 2.31. The normalized spacial score (nSPS) is 20.1. The maximum absolute atomic E-state index is 5.87. The first-order chi connectivity index (χ1) is 7.42. The first-order valence-electron chi connectivity index (χ1n) is 5.76. The van der Waals surface area contributed by atoms with Crippen LogP contribution in [0.5, 0.6) is 0 Å². The van der Waals surface area contributed by atoms with E-state index in [1.165, 1.54) is 37.9 Å². The van der Waals surface area contributed by atoms with E-state index in [2.05, 4.69) is 22.0 Å². The molecule has 0 bridgehead atoms. The second kappa shape index (κ2) is 5.24. The van der Waals surface area contributed by atoms with Gasteiger partial charge < -0.3 is 5.73 Å². The third-order valence-corrected chi connectivity index (χ3v) is 3.15. The Kier molecular flexibility index (Phi) is 3.69. The monoisotopic (exact) mass is 205 g/mol. The third kappa shape index (κ3) is 2.55. The van der Waals surface area contributed by atoms with Crippen molar-refractivity contribution in [1.29, 1.82) is 0 Å². The Labute approximate surface area is 91.3 Å². The van der Waals surface area contributed by atoms with Gasteiger partial charge in [-0.05, 0) is 43.6 Å². The van der Waals surface area contributed by atoms with E-state index in [0.29, 0.717) is 12.6 Å².